The molecule has 0 aromatic heterocycles. The van der Waals surface area contributed by atoms with Crippen LogP contribution >= 0.6 is 11.8 Å². The standard InChI is InChI=1S/C18H20O4S/c1-12-6-4-5-7-15(12)18(20)22-17-14(11-23-3)8-13(10-19)9-16(17)21-2/h4-9,19H,10-11H2,1-3H3. The molecule has 5 heteroatoms. The largest absolute Gasteiger partial charge is 0.493 e. The van der Waals surface area contributed by atoms with Crippen molar-refractivity contribution in [2.75, 3.05) is 13.4 Å². The highest BCUT2D eigenvalue weighted by molar-refractivity contribution is 7.97. The molecular weight excluding hydrogens is 312 g/mol. The van der Waals surface area contributed by atoms with Crippen molar-refractivity contribution in [2.45, 2.75) is 19.3 Å². The molecule has 0 aliphatic carbocycles. The molecule has 2 aromatic rings. The molecule has 122 valence electrons. The Morgan fingerprint density at radius 1 is 1.26 bits per heavy atom. The number of hydrogen-bond donors (Lipinski definition) is 1. The van der Waals surface area contributed by atoms with Gasteiger partial charge in [-0.2, -0.15) is 11.8 Å². The number of aliphatic hydroxyl groups is 1. The Kier molecular flexibility index (Phi) is 6.07. The molecule has 0 heterocycles. The SMILES string of the molecule is COc1cc(CO)cc(CSC)c1OC(=O)c1ccccc1C. The Hall–Kier alpha value is -1.98. The predicted octanol–water partition coefficient (Wildman–Crippen LogP) is 3.58. The number of rotatable bonds is 6. The molecule has 23 heavy (non-hydrogen) atoms. The van der Waals surface area contributed by atoms with Gasteiger partial charge in [-0.05, 0) is 42.5 Å². The van der Waals surface area contributed by atoms with E-state index in [9.17, 15) is 9.90 Å². The molecule has 0 saturated heterocycles. The van der Waals surface area contributed by atoms with Crippen LogP contribution in [-0.2, 0) is 12.4 Å². The minimum absolute atomic E-state index is 0.0935. The second kappa shape index (κ2) is 8.04. The van der Waals surface area contributed by atoms with Crippen molar-refractivity contribution in [3.8, 4) is 11.5 Å². The molecule has 0 aliphatic rings. The third-order valence-electron chi connectivity index (χ3n) is 3.45. The number of aliphatic hydroxyl groups excluding tert-OH is 1. The van der Waals surface area contributed by atoms with Crippen molar-refractivity contribution in [1.82, 2.24) is 0 Å². The van der Waals surface area contributed by atoms with Gasteiger partial charge in [0.05, 0.1) is 19.3 Å². The highest BCUT2D eigenvalue weighted by Crippen LogP contribution is 2.35. The summed E-state index contributed by atoms with van der Waals surface area (Å²) in [6.45, 7) is 1.77. The van der Waals surface area contributed by atoms with Gasteiger partial charge in [-0.15, -0.1) is 0 Å². The summed E-state index contributed by atoms with van der Waals surface area (Å²) in [7, 11) is 1.52. The molecule has 0 spiro atoms. The molecule has 0 amide bonds. The lowest BCUT2D eigenvalue weighted by molar-refractivity contribution is 0.0727. The van der Waals surface area contributed by atoms with Crippen LogP contribution in [0.3, 0.4) is 0 Å². The average Bonchev–Trinajstić information content (AvgIpc) is 2.56. The lowest BCUT2D eigenvalue weighted by Gasteiger charge is -2.15. The third kappa shape index (κ3) is 4.06. The summed E-state index contributed by atoms with van der Waals surface area (Å²) < 4.78 is 11.0. The number of aryl methyl sites for hydroxylation is 1. The van der Waals surface area contributed by atoms with E-state index in [4.69, 9.17) is 9.47 Å². The molecule has 1 N–H and O–H groups in total. The summed E-state index contributed by atoms with van der Waals surface area (Å²) in [6, 6.07) is 10.8. The molecule has 0 unspecified atom stereocenters. The van der Waals surface area contributed by atoms with Crippen molar-refractivity contribution >= 4 is 17.7 Å². The highest BCUT2D eigenvalue weighted by Gasteiger charge is 2.18. The average molecular weight is 332 g/mol. The first-order valence-electron chi connectivity index (χ1n) is 7.18. The van der Waals surface area contributed by atoms with E-state index in [0.717, 1.165) is 16.7 Å². The monoisotopic (exact) mass is 332 g/mol. The van der Waals surface area contributed by atoms with E-state index >= 15 is 0 Å². The van der Waals surface area contributed by atoms with E-state index in [1.807, 2.05) is 31.4 Å². The topological polar surface area (TPSA) is 55.8 Å². The van der Waals surface area contributed by atoms with Crippen molar-refractivity contribution in [3.63, 3.8) is 0 Å². The van der Waals surface area contributed by atoms with Crippen molar-refractivity contribution in [1.29, 1.82) is 0 Å². The van der Waals surface area contributed by atoms with Crippen LogP contribution in [0.1, 0.15) is 27.0 Å². The fourth-order valence-electron chi connectivity index (χ4n) is 2.29. The van der Waals surface area contributed by atoms with Crippen molar-refractivity contribution < 1.29 is 19.4 Å². The highest BCUT2D eigenvalue weighted by atomic mass is 32.2. The second-order valence-corrected chi connectivity index (χ2v) is 5.95. The molecule has 0 radical (unpaired) electrons. The lowest BCUT2D eigenvalue weighted by atomic mass is 10.1. The summed E-state index contributed by atoms with van der Waals surface area (Å²) in [5, 5.41) is 9.37. The van der Waals surface area contributed by atoms with Crippen LogP contribution in [0.4, 0.5) is 0 Å². The number of ether oxygens (including phenoxy) is 2. The number of carbonyl (C=O) groups excluding carboxylic acids is 1. The van der Waals surface area contributed by atoms with Gasteiger partial charge in [-0.1, -0.05) is 18.2 Å². The first-order valence-corrected chi connectivity index (χ1v) is 8.57. The maximum absolute atomic E-state index is 12.5. The summed E-state index contributed by atoms with van der Waals surface area (Å²) in [5.41, 5.74) is 2.93. The quantitative estimate of drug-likeness (QED) is 0.647. The van der Waals surface area contributed by atoms with E-state index in [0.29, 0.717) is 22.8 Å². The summed E-state index contributed by atoms with van der Waals surface area (Å²) in [5.74, 6) is 1.09. The van der Waals surface area contributed by atoms with Crippen molar-refractivity contribution in [2.24, 2.45) is 0 Å². The first kappa shape index (κ1) is 17.4. The van der Waals surface area contributed by atoms with Gasteiger partial charge in [0, 0.05) is 11.3 Å². The number of hydrogen-bond acceptors (Lipinski definition) is 5. The Morgan fingerprint density at radius 2 is 2.00 bits per heavy atom. The zero-order valence-electron chi connectivity index (χ0n) is 13.5. The van der Waals surface area contributed by atoms with E-state index in [1.165, 1.54) is 7.11 Å². The van der Waals surface area contributed by atoms with Crippen LogP contribution in [0.2, 0.25) is 0 Å². The van der Waals surface area contributed by atoms with Crippen LogP contribution in [0.15, 0.2) is 36.4 Å². The van der Waals surface area contributed by atoms with Crippen LogP contribution in [0.5, 0.6) is 11.5 Å². The second-order valence-electron chi connectivity index (χ2n) is 5.08. The van der Waals surface area contributed by atoms with Crippen LogP contribution < -0.4 is 9.47 Å². The fourth-order valence-corrected chi connectivity index (χ4v) is 2.82. The van der Waals surface area contributed by atoms with Gasteiger partial charge in [0.25, 0.3) is 0 Å². The third-order valence-corrected chi connectivity index (χ3v) is 4.05. The number of esters is 1. The summed E-state index contributed by atoms with van der Waals surface area (Å²) in [4.78, 5) is 12.5. The zero-order valence-corrected chi connectivity index (χ0v) is 14.3. The minimum atomic E-state index is -0.416. The smallest absolute Gasteiger partial charge is 0.343 e. The Balaban J connectivity index is 2.41. The normalized spacial score (nSPS) is 10.4. The number of methoxy groups -OCH3 is 1. The lowest BCUT2D eigenvalue weighted by Crippen LogP contribution is -2.12. The Bertz CT molecular complexity index is 697. The fraction of sp³-hybridized carbons (Fsp3) is 0.278. The Morgan fingerprint density at radius 3 is 2.61 bits per heavy atom. The van der Waals surface area contributed by atoms with Gasteiger partial charge < -0.3 is 14.6 Å². The van der Waals surface area contributed by atoms with Crippen molar-refractivity contribution in [3.05, 3.63) is 58.7 Å². The number of benzene rings is 2. The maximum atomic E-state index is 12.5. The molecule has 0 aliphatic heterocycles. The van der Waals surface area contributed by atoms with Gasteiger partial charge in [-0.25, -0.2) is 4.79 Å². The molecule has 2 rings (SSSR count). The molecule has 0 fully saturated rings. The maximum Gasteiger partial charge on any atom is 0.343 e. The van der Waals surface area contributed by atoms with E-state index in [2.05, 4.69) is 0 Å². The van der Waals surface area contributed by atoms with Gasteiger partial charge in [0.2, 0.25) is 0 Å². The van der Waals surface area contributed by atoms with Crippen LogP contribution in [0, 0.1) is 6.92 Å². The van der Waals surface area contributed by atoms with E-state index < -0.39 is 5.97 Å². The van der Waals surface area contributed by atoms with Gasteiger partial charge >= 0.3 is 5.97 Å². The molecule has 2 aromatic carbocycles. The first-order chi connectivity index (χ1) is 11.1. The van der Waals surface area contributed by atoms with E-state index in [-0.39, 0.29) is 6.61 Å². The summed E-state index contributed by atoms with van der Waals surface area (Å²) in [6.07, 6.45) is 1.96. The van der Waals surface area contributed by atoms with Gasteiger partial charge in [0.1, 0.15) is 0 Å². The molecule has 0 saturated carbocycles. The van der Waals surface area contributed by atoms with Gasteiger partial charge in [0.15, 0.2) is 11.5 Å². The predicted molar refractivity (Wildman–Crippen MR) is 92.3 cm³/mol. The summed E-state index contributed by atoms with van der Waals surface area (Å²) >= 11 is 1.60. The van der Waals surface area contributed by atoms with Gasteiger partial charge in [-0.3, -0.25) is 0 Å². The van der Waals surface area contributed by atoms with Crippen LogP contribution in [0.25, 0.3) is 0 Å². The Labute approximate surface area is 140 Å². The number of thioether (sulfide) groups is 1. The molecule has 0 bridgehead atoms. The minimum Gasteiger partial charge on any atom is -0.493 e. The molecular formula is C18H20O4S. The molecule has 0 atom stereocenters. The van der Waals surface area contributed by atoms with Crippen LogP contribution in [-0.4, -0.2) is 24.4 Å². The molecule has 4 nitrogen and oxygen atoms in total. The zero-order chi connectivity index (χ0) is 16.8. The number of carbonyl (C=O) groups is 1. The van der Waals surface area contributed by atoms with E-state index in [1.54, 1.807) is 30.0 Å².